The standard InChI is InChI=1S/C14H16N4OS/c19-13-14(3-5-15-6-4-14)18-12(17-13)9-1-2-10-11(7-9)20-8-16-10/h1-2,7-8,13,15,19H,3-6H2,(H,17,18). The van der Waals surface area contributed by atoms with Gasteiger partial charge in [-0.1, -0.05) is 0 Å². The molecule has 1 saturated heterocycles. The minimum absolute atomic E-state index is 0.288. The van der Waals surface area contributed by atoms with Gasteiger partial charge in [-0.15, -0.1) is 11.3 Å². The number of hydrogen-bond acceptors (Lipinski definition) is 6. The van der Waals surface area contributed by atoms with Gasteiger partial charge in [-0.2, -0.15) is 0 Å². The molecule has 1 aromatic carbocycles. The molecule has 20 heavy (non-hydrogen) atoms. The van der Waals surface area contributed by atoms with Gasteiger partial charge in [0.1, 0.15) is 5.84 Å². The molecule has 1 aromatic heterocycles. The Morgan fingerprint density at radius 3 is 3.00 bits per heavy atom. The van der Waals surface area contributed by atoms with E-state index in [1.165, 1.54) is 0 Å². The van der Waals surface area contributed by atoms with Crippen LogP contribution >= 0.6 is 11.3 Å². The van der Waals surface area contributed by atoms with E-state index in [9.17, 15) is 5.11 Å². The second-order valence-electron chi connectivity index (χ2n) is 5.42. The highest BCUT2D eigenvalue weighted by Gasteiger charge is 2.44. The van der Waals surface area contributed by atoms with Crippen molar-refractivity contribution in [1.82, 2.24) is 15.6 Å². The van der Waals surface area contributed by atoms with E-state index in [-0.39, 0.29) is 5.54 Å². The van der Waals surface area contributed by atoms with Crippen LogP contribution in [0.15, 0.2) is 28.7 Å². The van der Waals surface area contributed by atoms with Crippen molar-refractivity contribution in [3.8, 4) is 0 Å². The molecule has 104 valence electrons. The summed E-state index contributed by atoms with van der Waals surface area (Å²) in [6.07, 6.45) is 1.13. The van der Waals surface area contributed by atoms with Crippen LogP contribution in [-0.4, -0.2) is 40.8 Å². The van der Waals surface area contributed by atoms with Crippen molar-refractivity contribution in [2.24, 2.45) is 4.99 Å². The van der Waals surface area contributed by atoms with Crippen LogP contribution in [0.1, 0.15) is 18.4 Å². The molecule has 2 aliphatic rings. The number of thiazole rings is 1. The van der Waals surface area contributed by atoms with Gasteiger partial charge in [-0.05, 0) is 44.1 Å². The molecule has 0 amide bonds. The normalized spacial score (nSPS) is 24.9. The van der Waals surface area contributed by atoms with Crippen LogP contribution in [0.3, 0.4) is 0 Å². The highest BCUT2D eigenvalue weighted by molar-refractivity contribution is 7.16. The maximum Gasteiger partial charge on any atom is 0.170 e. The van der Waals surface area contributed by atoms with Crippen LogP contribution < -0.4 is 10.6 Å². The van der Waals surface area contributed by atoms with Crippen LogP contribution in [0.4, 0.5) is 0 Å². The molecule has 1 atom stereocenters. The summed E-state index contributed by atoms with van der Waals surface area (Å²) in [5, 5.41) is 17.1. The first-order chi connectivity index (χ1) is 9.77. The van der Waals surface area contributed by atoms with E-state index < -0.39 is 6.23 Å². The fourth-order valence-electron chi connectivity index (χ4n) is 2.98. The first-order valence-electron chi connectivity index (χ1n) is 6.85. The average Bonchev–Trinajstić information content (AvgIpc) is 3.05. The summed E-state index contributed by atoms with van der Waals surface area (Å²) in [5.41, 5.74) is 3.59. The minimum Gasteiger partial charge on any atom is -0.369 e. The lowest BCUT2D eigenvalue weighted by Gasteiger charge is -2.36. The Balaban J connectivity index is 1.67. The molecule has 1 unspecified atom stereocenters. The van der Waals surface area contributed by atoms with Crippen LogP contribution in [0, 0.1) is 0 Å². The van der Waals surface area contributed by atoms with Gasteiger partial charge in [0, 0.05) is 5.56 Å². The number of aliphatic imine (C=N–C) groups is 1. The van der Waals surface area contributed by atoms with E-state index >= 15 is 0 Å². The third-order valence-corrected chi connectivity index (χ3v) is 5.01. The van der Waals surface area contributed by atoms with Crippen LogP contribution in [-0.2, 0) is 0 Å². The summed E-state index contributed by atoms with van der Waals surface area (Å²) in [4.78, 5) is 8.73. The molecule has 0 radical (unpaired) electrons. The highest BCUT2D eigenvalue weighted by Crippen LogP contribution is 2.30. The maximum atomic E-state index is 10.3. The SMILES string of the molecule is OC1N=C(c2ccc3ncsc3c2)NC12CCNCC2. The molecule has 5 nitrogen and oxygen atoms in total. The molecular weight excluding hydrogens is 272 g/mol. The van der Waals surface area contributed by atoms with Gasteiger partial charge in [-0.3, -0.25) is 0 Å². The molecule has 2 aliphatic heterocycles. The number of aromatic nitrogens is 1. The fraction of sp³-hybridized carbons (Fsp3) is 0.429. The summed E-state index contributed by atoms with van der Waals surface area (Å²) in [6.45, 7) is 1.83. The van der Waals surface area contributed by atoms with Gasteiger partial charge in [-0.25, -0.2) is 9.98 Å². The summed E-state index contributed by atoms with van der Waals surface area (Å²) in [6, 6.07) is 6.11. The van der Waals surface area contributed by atoms with Gasteiger partial charge in [0.15, 0.2) is 6.23 Å². The lowest BCUT2D eigenvalue weighted by atomic mass is 9.87. The number of nitrogens with zero attached hydrogens (tertiary/aromatic N) is 2. The Hall–Kier alpha value is -1.50. The van der Waals surface area contributed by atoms with E-state index in [1.807, 2.05) is 17.6 Å². The molecule has 0 aliphatic carbocycles. The monoisotopic (exact) mass is 288 g/mol. The number of rotatable bonds is 1. The van der Waals surface area contributed by atoms with E-state index in [0.29, 0.717) is 0 Å². The number of amidine groups is 1. The second kappa shape index (κ2) is 4.51. The maximum absolute atomic E-state index is 10.3. The average molecular weight is 288 g/mol. The second-order valence-corrected chi connectivity index (χ2v) is 6.30. The van der Waals surface area contributed by atoms with E-state index in [0.717, 1.165) is 47.5 Å². The van der Waals surface area contributed by atoms with Crippen LogP contribution in [0.5, 0.6) is 0 Å². The van der Waals surface area contributed by atoms with Gasteiger partial charge in [0.25, 0.3) is 0 Å². The van der Waals surface area contributed by atoms with Crippen molar-refractivity contribution in [3.63, 3.8) is 0 Å². The lowest BCUT2D eigenvalue weighted by Crippen LogP contribution is -2.56. The van der Waals surface area contributed by atoms with Crippen molar-refractivity contribution in [3.05, 3.63) is 29.3 Å². The van der Waals surface area contributed by atoms with Crippen molar-refractivity contribution in [1.29, 1.82) is 0 Å². The molecule has 2 aromatic rings. The third-order valence-electron chi connectivity index (χ3n) is 4.21. The van der Waals surface area contributed by atoms with Gasteiger partial charge in [0.05, 0.1) is 21.3 Å². The molecule has 3 heterocycles. The highest BCUT2D eigenvalue weighted by atomic mass is 32.1. The molecular formula is C14H16N4OS. The Bertz CT molecular complexity index is 675. The topological polar surface area (TPSA) is 69.5 Å². The molecule has 0 bridgehead atoms. The quantitative estimate of drug-likeness (QED) is 0.734. The van der Waals surface area contributed by atoms with Crippen molar-refractivity contribution < 1.29 is 5.11 Å². The number of benzene rings is 1. The van der Waals surface area contributed by atoms with Crippen LogP contribution in [0.25, 0.3) is 10.2 Å². The van der Waals surface area contributed by atoms with Crippen molar-refractivity contribution in [2.75, 3.05) is 13.1 Å². The zero-order valence-corrected chi connectivity index (χ0v) is 11.8. The van der Waals surface area contributed by atoms with Gasteiger partial charge < -0.3 is 15.7 Å². The largest absolute Gasteiger partial charge is 0.369 e. The first-order valence-corrected chi connectivity index (χ1v) is 7.73. The summed E-state index contributed by atoms with van der Waals surface area (Å²) < 4.78 is 1.15. The summed E-state index contributed by atoms with van der Waals surface area (Å²) >= 11 is 1.62. The summed E-state index contributed by atoms with van der Waals surface area (Å²) in [5.74, 6) is 0.801. The zero-order valence-electron chi connectivity index (χ0n) is 11.0. The Morgan fingerprint density at radius 1 is 1.30 bits per heavy atom. The molecule has 3 N–H and O–H groups in total. The van der Waals surface area contributed by atoms with Crippen LogP contribution in [0.2, 0.25) is 0 Å². The number of aliphatic hydroxyl groups is 1. The number of nitrogens with one attached hydrogen (secondary N) is 2. The molecule has 0 saturated carbocycles. The fourth-order valence-corrected chi connectivity index (χ4v) is 3.70. The zero-order chi connectivity index (χ0) is 13.6. The molecule has 1 fully saturated rings. The molecule has 4 rings (SSSR count). The smallest absolute Gasteiger partial charge is 0.170 e. The van der Waals surface area contributed by atoms with E-state index in [2.05, 4.69) is 26.7 Å². The predicted octanol–water partition coefficient (Wildman–Crippen LogP) is 1.09. The lowest BCUT2D eigenvalue weighted by molar-refractivity contribution is 0.0716. The number of hydrogen-bond donors (Lipinski definition) is 3. The Labute approximate surface area is 120 Å². The van der Waals surface area contributed by atoms with Crippen molar-refractivity contribution >= 4 is 27.4 Å². The predicted molar refractivity (Wildman–Crippen MR) is 80.1 cm³/mol. The van der Waals surface area contributed by atoms with Crippen molar-refractivity contribution in [2.45, 2.75) is 24.6 Å². The first kappa shape index (κ1) is 12.3. The van der Waals surface area contributed by atoms with E-state index in [1.54, 1.807) is 11.3 Å². The van der Waals surface area contributed by atoms with E-state index in [4.69, 9.17) is 0 Å². The Kier molecular flexibility index (Phi) is 2.76. The Morgan fingerprint density at radius 2 is 2.15 bits per heavy atom. The third kappa shape index (κ3) is 1.83. The summed E-state index contributed by atoms with van der Waals surface area (Å²) in [7, 11) is 0. The number of aliphatic hydroxyl groups excluding tert-OH is 1. The minimum atomic E-state index is -0.656. The van der Waals surface area contributed by atoms with Gasteiger partial charge in [0.2, 0.25) is 0 Å². The number of piperidine rings is 1. The van der Waals surface area contributed by atoms with Gasteiger partial charge >= 0.3 is 0 Å². The number of fused-ring (bicyclic) bond motifs is 1. The molecule has 1 spiro atoms. The molecule has 6 heteroatoms.